The zero-order chi connectivity index (χ0) is 56.8. The van der Waals surface area contributed by atoms with Crippen LogP contribution in [0.25, 0.3) is 0 Å². The number of amides is 1. The van der Waals surface area contributed by atoms with Gasteiger partial charge in [0.15, 0.2) is 6.29 Å². The van der Waals surface area contributed by atoms with E-state index >= 15 is 0 Å². The molecule has 1 rings (SSSR count). The number of aliphatic hydroxyl groups excluding tert-OH is 4. The van der Waals surface area contributed by atoms with Crippen LogP contribution in [0, 0.1) is 0 Å². The van der Waals surface area contributed by atoms with Crippen LogP contribution in [0.4, 0.5) is 0 Å². The first-order valence-electron chi connectivity index (χ1n) is 33.9. The summed E-state index contributed by atoms with van der Waals surface area (Å²) in [4.78, 5) is 13.2. The van der Waals surface area contributed by atoms with E-state index in [0.717, 1.165) is 51.4 Å². The summed E-state index contributed by atoms with van der Waals surface area (Å²) >= 11 is 0. The van der Waals surface area contributed by atoms with E-state index in [1.165, 1.54) is 276 Å². The molecular formula is C65H129NO11S. The van der Waals surface area contributed by atoms with Gasteiger partial charge in [-0.05, 0) is 12.8 Å². The Morgan fingerprint density at radius 1 is 0.462 bits per heavy atom. The van der Waals surface area contributed by atoms with E-state index in [1.54, 1.807) is 0 Å². The van der Waals surface area contributed by atoms with E-state index in [9.17, 15) is 38.2 Å². The highest BCUT2D eigenvalue weighted by Crippen LogP contribution is 2.27. The highest BCUT2D eigenvalue weighted by Gasteiger charge is 2.48. The maximum Gasteiger partial charge on any atom is 0.397 e. The molecule has 1 saturated heterocycles. The molecule has 0 aromatic carbocycles. The van der Waals surface area contributed by atoms with Crippen molar-refractivity contribution in [2.75, 3.05) is 13.2 Å². The molecule has 1 aliphatic heterocycles. The molecule has 0 saturated carbocycles. The molecule has 466 valence electrons. The molecule has 0 spiro atoms. The van der Waals surface area contributed by atoms with Crippen molar-refractivity contribution in [2.24, 2.45) is 0 Å². The third-order valence-corrected chi connectivity index (χ3v) is 17.1. The number of aliphatic hydroxyl groups is 4. The van der Waals surface area contributed by atoms with Gasteiger partial charge in [-0.3, -0.25) is 9.35 Å². The highest BCUT2D eigenvalue weighted by atomic mass is 32.3. The van der Waals surface area contributed by atoms with E-state index in [1.807, 2.05) is 0 Å². The maximum absolute atomic E-state index is 13.2. The second-order valence-corrected chi connectivity index (χ2v) is 25.2. The average molecular weight is 1130 g/mol. The molecule has 6 N–H and O–H groups in total. The third kappa shape index (κ3) is 46.6. The smallest absolute Gasteiger partial charge is 0.394 e. The van der Waals surface area contributed by atoms with Crippen molar-refractivity contribution in [1.82, 2.24) is 5.32 Å². The Kier molecular flexibility index (Phi) is 53.3. The second-order valence-electron chi connectivity index (χ2n) is 24.1. The molecule has 7 atom stereocenters. The molecule has 1 aliphatic rings. The van der Waals surface area contributed by atoms with E-state index in [0.29, 0.717) is 12.8 Å². The average Bonchev–Trinajstić information content (AvgIpc) is 3.44. The number of carbonyl (C=O) groups is 1. The maximum atomic E-state index is 13.2. The second kappa shape index (κ2) is 55.3. The molecule has 1 fully saturated rings. The lowest BCUT2D eigenvalue weighted by Gasteiger charge is -2.41. The predicted octanol–water partition coefficient (Wildman–Crippen LogP) is 17.2. The van der Waals surface area contributed by atoms with Gasteiger partial charge in [-0.2, -0.15) is 8.42 Å². The molecule has 0 aliphatic carbocycles. The first kappa shape index (κ1) is 75.1. The number of carbonyl (C=O) groups excluding carboxylic acids is 1. The van der Waals surface area contributed by atoms with Gasteiger partial charge in [-0.1, -0.05) is 335 Å². The van der Waals surface area contributed by atoms with Crippen molar-refractivity contribution in [3.8, 4) is 0 Å². The summed E-state index contributed by atoms with van der Waals surface area (Å²) in [5.74, 6) is -0.222. The molecule has 13 heteroatoms. The quantitative estimate of drug-likeness (QED) is 0.0251. The van der Waals surface area contributed by atoms with Gasteiger partial charge in [0.25, 0.3) is 0 Å². The Morgan fingerprint density at radius 2 is 0.744 bits per heavy atom. The Hall–Kier alpha value is -0.900. The van der Waals surface area contributed by atoms with E-state index in [-0.39, 0.29) is 12.5 Å². The lowest BCUT2D eigenvalue weighted by molar-refractivity contribution is -0.298. The van der Waals surface area contributed by atoms with Crippen LogP contribution in [0.5, 0.6) is 0 Å². The standard InChI is InChI=1S/C65H129NO11S/c1-3-5-7-9-11-13-15-17-18-19-20-21-22-23-24-25-26-27-28-29-30-31-32-33-34-35-36-37-38-39-40-41-42-43-45-47-49-51-53-55-61(69)66-58(59(68)54-52-50-48-46-44-16-14-12-10-8-6-4-2)57-75-65-63(71)64(77-78(72,73)74)62(70)60(56-67)76-65/h58-60,62-65,67-68,70-71H,3-57H2,1-2H3,(H,66,69)(H,72,73,74). The molecule has 0 aromatic rings. The van der Waals surface area contributed by atoms with Crippen molar-refractivity contribution in [2.45, 2.75) is 397 Å². The monoisotopic (exact) mass is 1130 g/mol. The number of rotatable bonds is 61. The Labute approximate surface area is 481 Å². The minimum Gasteiger partial charge on any atom is -0.394 e. The van der Waals surface area contributed by atoms with E-state index in [4.69, 9.17) is 9.47 Å². The molecule has 0 bridgehead atoms. The first-order valence-corrected chi connectivity index (χ1v) is 35.3. The van der Waals surface area contributed by atoms with E-state index < -0.39 is 59.9 Å². The number of unbranched alkanes of at least 4 members (excludes halogenated alkanes) is 49. The Balaban J connectivity index is 2.08. The van der Waals surface area contributed by atoms with Crippen molar-refractivity contribution in [3.05, 3.63) is 0 Å². The number of hydrogen-bond donors (Lipinski definition) is 6. The van der Waals surface area contributed by atoms with Crippen LogP contribution in [-0.4, -0.2) is 95.4 Å². The van der Waals surface area contributed by atoms with Crippen molar-refractivity contribution >= 4 is 16.3 Å². The molecule has 12 nitrogen and oxygen atoms in total. The summed E-state index contributed by atoms with van der Waals surface area (Å²) < 4.78 is 47.9. The summed E-state index contributed by atoms with van der Waals surface area (Å²) in [5, 5.41) is 45.1. The fourth-order valence-corrected chi connectivity index (χ4v) is 12.0. The number of ether oxygens (including phenoxy) is 2. The van der Waals surface area contributed by atoms with Crippen LogP contribution < -0.4 is 5.32 Å². The van der Waals surface area contributed by atoms with Crippen molar-refractivity contribution in [3.63, 3.8) is 0 Å². The highest BCUT2D eigenvalue weighted by molar-refractivity contribution is 7.80. The zero-order valence-electron chi connectivity index (χ0n) is 51.0. The molecule has 7 unspecified atom stereocenters. The van der Waals surface area contributed by atoms with Crippen molar-refractivity contribution < 1.29 is 51.8 Å². The summed E-state index contributed by atoms with van der Waals surface area (Å²) in [6.45, 7) is 3.49. The van der Waals surface area contributed by atoms with Crippen LogP contribution in [0.2, 0.25) is 0 Å². The lowest BCUT2D eigenvalue weighted by Crippen LogP contribution is -2.61. The summed E-state index contributed by atoms with van der Waals surface area (Å²) in [6.07, 6.45) is 58.9. The minimum absolute atomic E-state index is 0.222. The SMILES string of the molecule is CCCCCCCCCCCCCCCCCCCCCCCCCCCCCCCCCCCCCCCCCC(=O)NC(COC1OC(CO)C(O)C(OS(=O)(=O)O)C1O)C(O)CCCCCCCCCCCCCC. The molecule has 78 heavy (non-hydrogen) atoms. The third-order valence-electron chi connectivity index (χ3n) is 16.7. The van der Waals surface area contributed by atoms with E-state index in [2.05, 4.69) is 23.3 Å². The molecule has 1 heterocycles. The lowest BCUT2D eigenvalue weighted by atomic mass is 9.99. The van der Waals surface area contributed by atoms with Gasteiger partial charge in [0.05, 0.1) is 25.4 Å². The number of nitrogens with one attached hydrogen (secondary N) is 1. The summed E-state index contributed by atoms with van der Waals surface area (Å²) in [7, 11) is -5.08. The van der Waals surface area contributed by atoms with Crippen LogP contribution in [-0.2, 0) is 28.9 Å². The van der Waals surface area contributed by atoms with Gasteiger partial charge in [0.2, 0.25) is 5.91 Å². The number of hydrogen-bond acceptors (Lipinski definition) is 10. The fourth-order valence-electron chi connectivity index (χ4n) is 11.5. The first-order chi connectivity index (χ1) is 38.0. The van der Waals surface area contributed by atoms with Gasteiger partial charge in [0, 0.05) is 6.42 Å². The molecule has 1 amide bonds. The Bertz CT molecular complexity index is 1380. The molecule has 0 aromatic heterocycles. The van der Waals surface area contributed by atoms with Gasteiger partial charge in [-0.25, -0.2) is 4.18 Å². The van der Waals surface area contributed by atoms with Gasteiger partial charge < -0.3 is 35.2 Å². The fraction of sp³-hybridized carbons (Fsp3) is 0.985. The predicted molar refractivity (Wildman–Crippen MR) is 324 cm³/mol. The minimum atomic E-state index is -5.08. The summed E-state index contributed by atoms with van der Waals surface area (Å²) in [6, 6.07) is -0.853. The zero-order valence-corrected chi connectivity index (χ0v) is 51.8. The van der Waals surface area contributed by atoms with Gasteiger partial charge >= 0.3 is 10.4 Å². The van der Waals surface area contributed by atoms with Crippen LogP contribution >= 0.6 is 0 Å². The Morgan fingerprint density at radius 3 is 1.03 bits per heavy atom. The van der Waals surface area contributed by atoms with Gasteiger partial charge in [-0.15, -0.1) is 0 Å². The van der Waals surface area contributed by atoms with Crippen molar-refractivity contribution in [1.29, 1.82) is 0 Å². The summed E-state index contributed by atoms with van der Waals surface area (Å²) in [5.41, 5.74) is 0. The largest absolute Gasteiger partial charge is 0.397 e. The normalized spacial score (nSPS) is 18.7. The van der Waals surface area contributed by atoms with Crippen LogP contribution in [0.1, 0.15) is 354 Å². The topological polar surface area (TPSA) is 192 Å². The van der Waals surface area contributed by atoms with Gasteiger partial charge in [0.1, 0.15) is 24.4 Å². The molecule has 0 radical (unpaired) electrons. The van der Waals surface area contributed by atoms with Crippen LogP contribution in [0.15, 0.2) is 0 Å². The van der Waals surface area contributed by atoms with Crippen LogP contribution in [0.3, 0.4) is 0 Å². The molecular weight excluding hydrogens is 1000 g/mol.